The van der Waals surface area contributed by atoms with E-state index in [2.05, 4.69) is 20.6 Å². The number of anilines is 1. The summed E-state index contributed by atoms with van der Waals surface area (Å²) in [6, 6.07) is 11.1. The molecule has 1 aliphatic rings. The number of aryl methyl sites for hydroxylation is 2. The molecule has 0 saturated heterocycles. The largest absolute Gasteiger partial charge is 0.341 e. The predicted molar refractivity (Wildman–Crippen MR) is 110 cm³/mol. The molecule has 3 heterocycles. The van der Waals surface area contributed by atoms with E-state index in [9.17, 15) is 9.59 Å². The lowest BCUT2D eigenvalue weighted by molar-refractivity contribution is -0.119. The van der Waals surface area contributed by atoms with E-state index in [1.807, 2.05) is 67.8 Å². The molecule has 0 saturated carbocycles. The summed E-state index contributed by atoms with van der Waals surface area (Å²) in [4.78, 5) is 25.3. The number of hydrazone groups is 1. The highest BCUT2D eigenvalue weighted by Crippen LogP contribution is 2.25. The van der Waals surface area contributed by atoms with Gasteiger partial charge in [-0.3, -0.25) is 14.0 Å². The Kier molecular flexibility index (Phi) is 4.84. The second-order valence-corrected chi connectivity index (χ2v) is 7.22. The Morgan fingerprint density at radius 1 is 1.14 bits per heavy atom. The summed E-state index contributed by atoms with van der Waals surface area (Å²) in [5.41, 5.74) is 3.70. The van der Waals surface area contributed by atoms with Gasteiger partial charge in [0.15, 0.2) is 11.5 Å². The number of hydrogen-bond donors (Lipinski definition) is 1. The summed E-state index contributed by atoms with van der Waals surface area (Å²) in [6.45, 7) is 5.72. The molecular formula is C21H22N6O2. The maximum Gasteiger partial charge on any atom is 0.268 e. The number of benzene rings is 1. The van der Waals surface area contributed by atoms with E-state index < -0.39 is 0 Å². The van der Waals surface area contributed by atoms with E-state index in [1.165, 1.54) is 5.01 Å². The first-order valence-corrected chi connectivity index (χ1v) is 9.52. The van der Waals surface area contributed by atoms with Crippen molar-refractivity contribution in [1.82, 2.24) is 19.9 Å². The van der Waals surface area contributed by atoms with Gasteiger partial charge in [-0.15, -0.1) is 10.2 Å². The Morgan fingerprint density at radius 2 is 1.97 bits per heavy atom. The molecule has 148 valence electrons. The summed E-state index contributed by atoms with van der Waals surface area (Å²) in [5.74, 6) is 0.201. The van der Waals surface area contributed by atoms with Crippen molar-refractivity contribution in [1.29, 1.82) is 0 Å². The fourth-order valence-corrected chi connectivity index (χ4v) is 3.35. The number of fused-ring (bicyclic) bond motifs is 1. The molecule has 0 spiro atoms. The van der Waals surface area contributed by atoms with Gasteiger partial charge < -0.3 is 5.32 Å². The fourth-order valence-electron chi connectivity index (χ4n) is 3.35. The van der Waals surface area contributed by atoms with E-state index in [-0.39, 0.29) is 24.3 Å². The highest BCUT2D eigenvalue weighted by molar-refractivity contribution is 6.40. The zero-order valence-corrected chi connectivity index (χ0v) is 16.6. The molecule has 8 heteroatoms. The SMILES string of the molecule is Cc1ccc(C)c(N2N=C(C(=O)N[C@H](C)c3nnc4ccccn34)CCC2=O)c1. The molecule has 1 aromatic carbocycles. The molecule has 1 aliphatic heterocycles. The number of nitrogens with zero attached hydrogens (tertiary/aromatic N) is 5. The molecule has 2 amide bonds. The van der Waals surface area contributed by atoms with Gasteiger partial charge in [0.1, 0.15) is 5.71 Å². The molecule has 4 rings (SSSR count). The lowest BCUT2D eigenvalue weighted by Gasteiger charge is -2.25. The van der Waals surface area contributed by atoms with E-state index in [4.69, 9.17) is 0 Å². The molecule has 1 N–H and O–H groups in total. The first kappa shape index (κ1) is 18.8. The summed E-state index contributed by atoms with van der Waals surface area (Å²) < 4.78 is 1.83. The van der Waals surface area contributed by atoms with Crippen LogP contribution in [-0.4, -0.2) is 32.1 Å². The second-order valence-electron chi connectivity index (χ2n) is 7.22. The zero-order chi connectivity index (χ0) is 20.5. The molecule has 0 radical (unpaired) electrons. The first-order valence-electron chi connectivity index (χ1n) is 9.52. The number of aromatic nitrogens is 3. The highest BCUT2D eigenvalue weighted by atomic mass is 16.2. The van der Waals surface area contributed by atoms with E-state index in [1.54, 1.807) is 0 Å². The monoisotopic (exact) mass is 390 g/mol. The molecule has 0 bridgehead atoms. The summed E-state index contributed by atoms with van der Waals surface area (Å²) in [6.07, 6.45) is 2.40. The average Bonchev–Trinajstić information content (AvgIpc) is 3.14. The van der Waals surface area contributed by atoms with E-state index in [0.29, 0.717) is 29.3 Å². The van der Waals surface area contributed by atoms with Crippen LogP contribution in [0.15, 0.2) is 47.7 Å². The van der Waals surface area contributed by atoms with Crippen LogP contribution >= 0.6 is 0 Å². The molecule has 2 aromatic heterocycles. The van der Waals surface area contributed by atoms with Crippen LogP contribution in [0.25, 0.3) is 5.65 Å². The van der Waals surface area contributed by atoms with E-state index >= 15 is 0 Å². The number of pyridine rings is 1. The Morgan fingerprint density at radius 3 is 2.79 bits per heavy atom. The molecular weight excluding hydrogens is 368 g/mol. The third-order valence-electron chi connectivity index (χ3n) is 4.96. The molecule has 3 aromatic rings. The van der Waals surface area contributed by atoms with Crippen molar-refractivity contribution in [3.63, 3.8) is 0 Å². The first-order chi connectivity index (χ1) is 13.9. The molecule has 29 heavy (non-hydrogen) atoms. The van der Waals surface area contributed by atoms with E-state index in [0.717, 1.165) is 11.1 Å². The normalized spacial score (nSPS) is 15.3. The van der Waals surface area contributed by atoms with Gasteiger partial charge >= 0.3 is 0 Å². The summed E-state index contributed by atoms with van der Waals surface area (Å²) >= 11 is 0. The van der Waals surface area contributed by atoms with Crippen molar-refractivity contribution < 1.29 is 9.59 Å². The van der Waals surface area contributed by atoms with Crippen LogP contribution in [-0.2, 0) is 9.59 Å². The maximum atomic E-state index is 12.8. The van der Waals surface area contributed by atoms with Gasteiger partial charge in [0, 0.05) is 19.0 Å². The summed E-state index contributed by atoms with van der Waals surface area (Å²) in [5, 5.41) is 16.9. The van der Waals surface area contributed by atoms with Crippen molar-refractivity contribution in [3.8, 4) is 0 Å². The van der Waals surface area contributed by atoms with Crippen LogP contribution in [0.4, 0.5) is 5.69 Å². The van der Waals surface area contributed by atoms with Crippen molar-refractivity contribution >= 4 is 28.9 Å². The van der Waals surface area contributed by atoms with Crippen molar-refractivity contribution in [2.75, 3.05) is 5.01 Å². The third-order valence-corrected chi connectivity index (χ3v) is 4.96. The number of carbonyl (C=O) groups is 2. The predicted octanol–water partition coefficient (Wildman–Crippen LogP) is 2.71. The minimum Gasteiger partial charge on any atom is -0.341 e. The van der Waals surface area contributed by atoms with Crippen molar-refractivity contribution in [3.05, 3.63) is 59.5 Å². The van der Waals surface area contributed by atoms with Gasteiger partial charge in [-0.2, -0.15) is 5.10 Å². The van der Waals surface area contributed by atoms with Gasteiger partial charge in [-0.1, -0.05) is 18.2 Å². The Hall–Kier alpha value is -3.55. The number of carbonyl (C=O) groups excluding carboxylic acids is 2. The van der Waals surface area contributed by atoms with Crippen LogP contribution in [0.1, 0.15) is 42.8 Å². The van der Waals surface area contributed by atoms with Gasteiger partial charge in [0.05, 0.1) is 11.7 Å². The standard InChI is InChI=1S/C21H22N6O2/c1-13-7-8-14(2)17(12-13)27-19(28)10-9-16(25-27)21(29)22-15(3)20-24-23-18-6-4-5-11-26(18)20/h4-8,11-12,15H,9-10H2,1-3H3,(H,22,29)/t15-/m1/s1. The third kappa shape index (κ3) is 3.61. The zero-order valence-electron chi connectivity index (χ0n) is 16.6. The lowest BCUT2D eigenvalue weighted by atomic mass is 10.1. The molecule has 8 nitrogen and oxygen atoms in total. The van der Waals surface area contributed by atoms with Gasteiger partial charge in [0.2, 0.25) is 5.91 Å². The molecule has 0 fully saturated rings. The topological polar surface area (TPSA) is 92.0 Å². The van der Waals surface area contributed by atoms with Crippen molar-refractivity contribution in [2.24, 2.45) is 5.10 Å². The molecule has 1 atom stereocenters. The minimum atomic E-state index is -0.366. The minimum absolute atomic E-state index is 0.119. The second kappa shape index (κ2) is 7.46. The summed E-state index contributed by atoms with van der Waals surface area (Å²) in [7, 11) is 0. The van der Waals surface area contributed by atoms with Crippen LogP contribution in [0.2, 0.25) is 0 Å². The van der Waals surface area contributed by atoms with Crippen LogP contribution in [0, 0.1) is 13.8 Å². The maximum absolute atomic E-state index is 12.8. The lowest BCUT2D eigenvalue weighted by Crippen LogP contribution is -2.40. The number of nitrogens with one attached hydrogen (secondary N) is 1. The van der Waals surface area contributed by atoms with Crippen LogP contribution in [0.3, 0.4) is 0 Å². The number of rotatable bonds is 4. The quantitative estimate of drug-likeness (QED) is 0.741. The molecule has 0 unspecified atom stereocenters. The van der Waals surface area contributed by atoms with Crippen LogP contribution in [0.5, 0.6) is 0 Å². The van der Waals surface area contributed by atoms with Gasteiger partial charge in [-0.25, -0.2) is 5.01 Å². The van der Waals surface area contributed by atoms with Gasteiger partial charge in [-0.05, 0) is 50.1 Å². The number of hydrogen-bond acceptors (Lipinski definition) is 5. The van der Waals surface area contributed by atoms with Crippen molar-refractivity contribution in [2.45, 2.75) is 39.7 Å². The average molecular weight is 390 g/mol. The smallest absolute Gasteiger partial charge is 0.268 e. The Balaban J connectivity index is 1.57. The Bertz CT molecular complexity index is 1130. The molecule has 0 aliphatic carbocycles. The fraction of sp³-hybridized carbons (Fsp3) is 0.286. The van der Waals surface area contributed by atoms with Gasteiger partial charge in [0.25, 0.3) is 5.91 Å². The van der Waals surface area contributed by atoms with Crippen LogP contribution < -0.4 is 10.3 Å². The Labute approximate surface area is 168 Å². The highest BCUT2D eigenvalue weighted by Gasteiger charge is 2.28. The number of amides is 2.